The molecular weight excluding hydrogens is 378 g/mol. The molecule has 0 radical (unpaired) electrons. The average molecular weight is 399 g/mol. The van der Waals surface area contributed by atoms with E-state index in [1.54, 1.807) is 18.2 Å². The maximum Gasteiger partial charge on any atom is 0.317 e. The van der Waals surface area contributed by atoms with Crippen molar-refractivity contribution in [1.29, 1.82) is 0 Å². The van der Waals surface area contributed by atoms with Crippen LogP contribution < -0.4 is 4.90 Å². The maximum absolute atomic E-state index is 12.9. The smallest absolute Gasteiger partial charge is 0.317 e. The van der Waals surface area contributed by atoms with Crippen molar-refractivity contribution in [2.75, 3.05) is 37.6 Å². The van der Waals surface area contributed by atoms with Gasteiger partial charge < -0.3 is 10.0 Å². The van der Waals surface area contributed by atoms with Crippen LogP contribution in [0.3, 0.4) is 0 Å². The normalized spacial score (nSPS) is 23.0. The molecule has 1 saturated carbocycles. The minimum Gasteiger partial charge on any atom is -0.480 e. The molecule has 1 N–H and O–H groups in total. The minimum atomic E-state index is -0.872. The van der Waals surface area contributed by atoms with Crippen LogP contribution in [-0.2, 0) is 14.4 Å². The van der Waals surface area contributed by atoms with Gasteiger partial charge in [-0.15, -0.1) is 0 Å². The highest BCUT2D eigenvalue weighted by Gasteiger charge is 2.44. The number of carbonyl (C=O) groups excluding carboxylic acids is 4. The molecule has 9 nitrogen and oxygen atoms in total. The molecule has 9 heteroatoms. The van der Waals surface area contributed by atoms with E-state index in [9.17, 15) is 24.0 Å². The molecule has 29 heavy (non-hydrogen) atoms. The summed E-state index contributed by atoms with van der Waals surface area (Å²) in [6.07, 6.45) is 0.140. The van der Waals surface area contributed by atoms with E-state index in [0.717, 1.165) is 10.6 Å². The van der Waals surface area contributed by atoms with Gasteiger partial charge in [0.2, 0.25) is 0 Å². The Bertz CT molecular complexity index is 919. The highest BCUT2D eigenvalue weighted by Crippen LogP contribution is 2.31. The Hall–Kier alpha value is -3.07. The predicted molar refractivity (Wildman–Crippen MR) is 101 cm³/mol. The highest BCUT2D eigenvalue weighted by molar-refractivity contribution is 6.24. The summed E-state index contributed by atoms with van der Waals surface area (Å²) in [4.78, 5) is 65.1. The summed E-state index contributed by atoms with van der Waals surface area (Å²) in [5.41, 5.74) is 1.32. The number of amides is 2. The van der Waals surface area contributed by atoms with Crippen LogP contribution in [0.2, 0.25) is 0 Å². The Morgan fingerprint density at radius 1 is 1.00 bits per heavy atom. The number of hydrogen-bond donors (Lipinski definition) is 1. The van der Waals surface area contributed by atoms with E-state index < -0.39 is 23.8 Å². The van der Waals surface area contributed by atoms with Gasteiger partial charge in [-0.05, 0) is 24.6 Å². The van der Waals surface area contributed by atoms with Crippen LogP contribution in [0, 0.1) is 0 Å². The predicted octanol–water partition coefficient (Wildman–Crippen LogP) is 0.180. The van der Waals surface area contributed by atoms with Crippen molar-refractivity contribution in [2.24, 2.45) is 0 Å². The zero-order chi connectivity index (χ0) is 20.7. The van der Waals surface area contributed by atoms with Crippen LogP contribution in [0.4, 0.5) is 5.69 Å². The largest absolute Gasteiger partial charge is 0.480 e. The number of benzene rings is 1. The third kappa shape index (κ3) is 3.53. The molecule has 1 aromatic carbocycles. The number of carbonyl (C=O) groups is 5. The molecule has 0 aromatic heterocycles. The molecule has 2 amide bonds. The number of Topliss-reactive ketones (excluding diaryl/α,β-unsaturated/α-hetero) is 2. The fourth-order valence-corrected chi connectivity index (χ4v) is 4.21. The second kappa shape index (κ2) is 7.40. The molecule has 1 atom stereocenters. The summed E-state index contributed by atoms with van der Waals surface area (Å²) in [6, 6.07) is 4.17. The summed E-state index contributed by atoms with van der Waals surface area (Å²) >= 11 is 0. The van der Waals surface area contributed by atoms with E-state index in [-0.39, 0.29) is 48.5 Å². The van der Waals surface area contributed by atoms with Gasteiger partial charge in [0.25, 0.3) is 11.8 Å². The lowest BCUT2D eigenvalue weighted by Gasteiger charge is -2.35. The number of anilines is 1. The lowest BCUT2D eigenvalue weighted by molar-refractivity contribution is -0.138. The number of rotatable bonds is 4. The first-order chi connectivity index (χ1) is 13.8. The number of imide groups is 1. The summed E-state index contributed by atoms with van der Waals surface area (Å²) in [7, 11) is 0. The number of nitrogens with zero attached hydrogens (tertiary/aromatic N) is 3. The molecule has 1 unspecified atom stereocenters. The molecule has 2 fully saturated rings. The van der Waals surface area contributed by atoms with E-state index in [0.29, 0.717) is 26.2 Å². The van der Waals surface area contributed by atoms with Gasteiger partial charge in [-0.25, -0.2) is 0 Å². The fraction of sp³-hybridized carbons (Fsp3) is 0.450. The van der Waals surface area contributed by atoms with Gasteiger partial charge >= 0.3 is 5.97 Å². The average Bonchev–Trinajstić information content (AvgIpc) is 2.92. The standard InChI is InChI=1S/C20H21N3O6/c24-13-2-4-16(17(25)10-13)23-19(28)14-3-1-12(9-15(14)20(23)29)22-7-5-21(6-8-22)11-18(26)27/h1,3,9,16H,2,4-8,10-11H2,(H,26,27). The SMILES string of the molecule is O=C(O)CN1CCN(c2ccc3c(c2)C(=O)N(C2CCC(=O)CC2=O)C3=O)CC1. The number of carboxylic acids is 1. The minimum absolute atomic E-state index is 0.00209. The second-order valence-corrected chi connectivity index (χ2v) is 7.60. The Morgan fingerprint density at radius 2 is 1.69 bits per heavy atom. The molecule has 2 aliphatic heterocycles. The first-order valence-corrected chi connectivity index (χ1v) is 9.60. The van der Waals surface area contributed by atoms with E-state index in [1.165, 1.54) is 0 Å². The van der Waals surface area contributed by atoms with Crippen LogP contribution in [0.25, 0.3) is 0 Å². The van der Waals surface area contributed by atoms with Crippen LogP contribution >= 0.6 is 0 Å². The van der Waals surface area contributed by atoms with Crippen molar-refractivity contribution in [3.05, 3.63) is 29.3 Å². The zero-order valence-corrected chi connectivity index (χ0v) is 15.8. The third-order valence-electron chi connectivity index (χ3n) is 5.75. The molecular formula is C20H21N3O6. The Balaban J connectivity index is 1.51. The van der Waals surface area contributed by atoms with Crippen molar-refractivity contribution in [3.8, 4) is 0 Å². The van der Waals surface area contributed by atoms with Crippen LogP contribution in [0.15, 0.2) is 18.2 Å². The van der Waals surface area contributed by atoms with Crippen LogP contribution in [0.5, 0.6) is 0 Å². The number of aliphatic carboxylic acids is 1. The molecule has 4 rings (SSSR count). The van der Waals surface area contributed by atoms with Crippen LogP contribution in [0.1, 0.15) is 40.0 Å². The summed E-state index contributed by atoms with van der Waals surface area (Å²) in [5.74, 6) is -2.39. The molecule has 3 aliphatic rings. The monoisotopic (exact) mass is 399 g/mol. The van der Waals surface area contributed by atoms with E-state index in [2.05, 4.69) is 0 Å². The quantitative estimate of drug-likeness (QED) is 0.563. The maximum atomic E-state index is 12.9. The Labute approximate surface area is 166 Å². The Morgan fingerprint density at radius 3 is 2.34 bits per heavy atom. The van der Waals surface area contributed by atoms with Crippen molar-refractivity contribution >= 4 is 35.0 Å². The van der Waals surface area contributed by atoms with Gasteiger partial charge in [0.1, 0.15) is 5.78 Å². The van der Waals surface area contributed by atoms with Crippen molar-refractivity contribution < 1.29 is 29.1 Å². The number of carboxylic acid groups (broad SMARTS) is 1. The van der Waals surface area contributed by atoms with Crippen molar-refractivity contribution in [2.45, 2.75) is 25.3 Å². The topological polar surface area (TPSA) is 115 Å². The molecule has 0 bridgehead atoms. The molecule has 1 aromatic rings. The zero-order valence-electron chi connectivity index (χ0n) is 15.8. The third-order valence-corrected chi connectivity index (χ3v) is 5.75. The van der Waals surface area contributed by atoms with E-state index >= 15 is 0 Å². The number of hydrogen-bond acceptors (Lipinski definition) is 7. The van der Waals surface area contributed by atoms with Crippen molar-refractivity contribution in [1.82, 2.24) is 9.80 Å². The van der Waals surface area contributed by atoms with Gasteiger partial charge in [-0.3, -0.25) is 33.8 Å². The summed E-state index contributed by atoms with van der Waals surface area (Å²) in [5, 5.41) is 8.90. The Kier molecular flexibility index (Phi) is 4.91. The molecule has 0 spiro atoms. The van der Waals surface area contributed by atoms with E-state index in [1.807, 2.05) is 9.80 Å². The highest BCUT2D eigenvalue weighted by atomic mass is 16.4. The molecule has 2 heterocycles. The summed E-state index contributed by atoms with van der Waals surface area (Å²) < 4.78 is 0. The molecule has 1 saturated heterocycles. The van der Waals surface area contributed by atoms with Crippen molar-refractivity contribution in [3.63, 3.8) is 0 Å². The first kappa shape index (κ1) is 19.3. The number of piperazine rings is 1. The summed E-state index contributed by atoms with van der Waals surface area (Å²) in [6.45, 7) is 2.40. The lowest BCUT2D eigenvalue weighted by Crippen LogP contribution is -2.48. The van der Waals surface area contributed by atoms with Crippen LogP contribution in [-0.4, -0.2) is 83.0 Å². The second-order valence-electron chi connectivity index (χ2n) is 7.60. The fourth-order valence-electron chi connectivity index (χ4n) is 4.21. The first-order valence-electron chi connectivity index (χ1n) is 9.60. The van der Waals surface area contributed by atoms with Gasteiger partial charge in [0, 0.05) is 38.3 Å². The van der Waals surface area contributed by atoms with Gasteiger partial charge in [0.15, 0.2) is 5.78 Å². The van der Waals surface area contributed by atoms with Gasteiger partial charge in [0.05, 0.1) is 30.1 Å². The van der Waals surface area contributed by atoms with E-state index in [4.69, 9.17) is 5.11 Å². The molecule has 152 valence electrons. The number of fused-ring (bicyclic) bond motifs is 1. The molecule has 1 aliphatic carbocycles. The number of ketones is 2. The van der Waals surface area contributed by atoms with Gasteiger partial charge in [-0.2, -0.15) is 0 Å². The lowest BCUT2D eigenvalue weighted by atomic mass is 9.92. The van der Waals surface area contributed by atoms with Gasteiger partial charge in [-0.1, -0.05) is 0 Å².